The van der Waals surface area contributed by atoms with E-state index in [2.05, 4.69) is 9.64 Å². The van der Waals surface area contributed by atoms with E-state index >= 15 is 0 Å². The number of rotatable bonds is 5. The average Bonchev–Trinajstić information content (AvgIpc) is 2.64. The van der Waals surface area contributed by atoms with Gasteiger partial charge in [-0.3, -0.25) is 9.80 Å². The highest BCUT2D eigenvalue weighted by Crippen LogP contribution is 2.29. The van der Waals surface area contributed by atoms with Crippen molar-refractivity contribution in [2.75, 3.05) is 52.5 Å². The highest BCUT2D eigenvalue weighted by molar-refractivity contribution is 5.65. The number of morpholine rings is 1. The van der Waals surface area contributed by atoms with Gasteiger partial charge in [0, 0.05) is 57.9 Å². The van der Waals surface area contributed by atoms with E-state index in [4.69, 9.17) is 9.84 Å². The molecule has 28 heavy (non-hydrogen) atoms. The molecular formula is C18H24F3N3O4. The summed E-state index contributed by atoms with van der Waals surface area (Å²) in [6.45, 7) is 5.13. The van der Waals surface area contributed by atoms with Gasteiger partial charge >= 0.3 is 12.5 Å². The Morgan fingerprint density at radius 3 is 2.29 bits per heavy atom. The predicted molar refractivity (Wildman–Crippen MR) is 94.1 cm³/mol. The number of halogens is 3. The topological polar surface area (TPSA) is 65.5 Å². The van der Waals surface area contributed by atoms with Gasteiger partial charge in [0.25, 0.3) is 0 Å². The second-order valence-electron chi connectivity index (χ2n) is 6.92. The van der Waals surface area contributed by atoms with Crippen molar-refractivity contribution >= 4 is 6.09 Å². The van der Waals surface area contributed by atoms with Crippen LogP contribution in [-0.2, 0) is 17.8 Å². The van der Waals surface area contributed by atoms with E-state index < -0.39 is 12.5 Å². The molecule has 0 saturated carbocycles. The molecule has 2 fully saturated rings. The van der Waals surface area contributed by atoms with Crippen LogP contribution in [0.25, 0.3) is 0 Å². The minimum atomic E-state index is -4.77. The third-order valence-corrected chi connectivity index (χ3v) is 4.90. The number of carboxylic acid groups (broad SMARTS) is 1. The van der Waals surface area contributed by atoms with Crippen LogP contribution >= 0.6 is 0 Å². The molecule has 0 atom stereocenters. The van der Waals surface area contributed by atoms with Crippen molar-refractivity contribution in [1.82, 2.24) is 14.7 Å². The summed E-state index contributed by atoms with van der Waals surface area (Å²) in [5.41, 5.74) is 1.19. The van der Waals surface area contributed by atoms with Gasteiger partial charge in [0.2, 0.25) is 0 Å². The van der Waals surface area contributed by atoms with E-state index in [0.29, 0.717) is 51.5 Å². The molecule has 1 aromatic rings. The zero-order valence-corrected chi connectivity index (χ0v) is 15.5. The molecule has 3 rings (SSSR count). The van der Waals surface area contributed by atoms with E-state index in [1.54, 1.807) is 6.07 Å². The maximum absolute atomic E-state index is 12.9. The average molecular weight is 403 g/mol. The van der Waals surface area contributed by atoms with Crippen molar-refractivity contribution in [2.45, 2.75) is 19.5 Å². The third kappa shape index (κ3) is 5.98. The van der Waals surface area contributed by atoms with Crippen LogP contribution in [0.3, 0.4) is 0 Å². The fourth-order valence-corrected chi connectivity index (χ4v) is 3.40. The standard InChI is InChI=1S/C18H24F3N3O4/c19-18(20,21)28-16-11-14(12-23-7-9-27-10-8-23)1-2-15(16)13-22-3-5-24(6-4-22)17(25)26/h1-2,11H,3-10,12-13H2,(H,25,26). The lowest BCUT2D eigenvalue weighted by Crippen LogP contribution is -2.47. The fraction of sp³-hybridized carbons (Fsp3) is 0.611. The zero-order valence-electron chi connectivity index (χ0n) is 15.5. The van der Waals surface area contributed by atoms with E-state index in [0.717, 1.165) is 18.7 Å². The highest BCUT2D eigenvalue weighted by Gasteiger charge is 2.32. The Hall–Kier alpha value is -2.04. The first kappa shape index (κ1) is 20.7. The summed E-state index contributed by atoms with van der Waals surface area (Å²) in [4.78, 5) is 16.3. The summed E-state index contributed by atoms with van der Waals surface area (Å²) in [6.07, 6.45) is -5.75. The summed E-state index contributed by atoms with van der Waals surface area (Å²) in [7, 11) is 0. The second-order valence-corrected chi connectivity index (χ2v) is 6.92. The van der Waals surface area contributed by atoms with Crippen molar-refractivity contribution in [3.8, 4) is 5.75 Å². The second kappa shape index (κ2) is 8.97. The van der Waals surface area contributed by atoms with Crippen LogP contribution < -0.4 is 4.74 Å². The molecule has 0 bridgehead atoms. The van der Waals surface area contributed by atoms with Gasteiger partial charge in [-0.25, -0.2) is 4.79 Å². The van der Waals surface area contributed by atoms with Gasteiger partial charge in [-0.2, -0.15) is 0 Å². The Balaban J connectivity index is 1.69. The predicted octanol–water partition coefficient (Wildman–Crippen LogP) is 2.21. The minimum Gasteiger partial charge on any atom is -0.465 e. The molecule has 0 aromatic heterocycles. The first-order chi connectivity index (χ1) is 13.3. The van der Waals surface area contributed by atoms with Gasteiger partial charge < -0.3 is 19.5 Å². The van der Waals surface area contributed by atoms with E-state index in [1.807, 2.05) is 11.0 Å². The van der Waals surface area contributed by atoms with Crippen LogP contribution in [-0.4, -0.2) is 84.7 Å². The Labute approximate surface area is 161 Å². The van der Waals surface area contributed by atoms with Crippen molar-refractivity contribution < 1.29 is 32.5 Å². The molecule has 1 N–H and O–H groups in total. The molecule has 1 aromatic carbocycles. The largest absolute Gasteiger partial charge is 0.573 e. The molecule has 0 radical (unpaired) electrons. The van der Waals surface area contributed by atoms with Crippen molar-refractivity contribution in [3.05, 3.63) is 29.3 Å². The lowest BCUT2D eigenvalue weighted by Gasteiger charge is -2.33. The molecule has 1 amide bonds. The summed E-state index contributed by atoms with van der Waals surface area (Å²) in [6, 6.07) is 4.94. The summed E-state index contributed by atoms with van der Waals surface area (Å²) >= 11 is 0. The van der Waals surface area contributed by atoms with Crippen molar-refractivity contribution in [1.29, 1.82) is 0 Å². The molecule has 0 aliphatic carbocycles. The molecule has 7 nitrogen and oxygen atoms in total. The Kier molecular flexibility index (Phi) is 6.63. The fourth-order valence-electron chi connectivity index (χ4n) is 3.40. The smallest absolute Gasteiger partial charge is 0.465 e. The summed E-state index contributed by atoms with van der Waals surface area (Å²) in [5, 5.41) is 9.00. The number of piperazine rings is 1. The summed E-state index contributed by atoms with van der Waals surface area (Å²) < 4.78 is 48.3. The monoisotopic (exact) mass is 403 g/mol. The molecule has 2 aliphatic rings. The van der Waals surface area contributed by atoms with Crippen LogP contribution in [0.5, 0.6) is 5.75 Å². The lowest BCUT2D eigenvalue weighted by atomic mass is 10.1. The first-order valence-corrected chi connectivity index (χ1v) is 9.18. The van der Waals surface area contributed by atoms with E-state index in [-0.39, 0.29) is 12.3 Å². The van der Waals surface area contributed by atoms with Gasteiger partial charge in [-0.05, 0) is 11.6 Å². The quantitative estimate of drug-likeness (QED) is 0.813. The van der Waals surface area contributed by atoms with Crippen molar-refractivity contribution in [2.24, 2.45) is 0 Å². The van der Waals surface area contributed by atoms with E-state index in [9.17, 15) is 18.0 Å². The lowest BCUT2D eigenvalue weighted by molar-refractivity contribution is -0.275. The molecule has 2 aliphatic heterocycles. The number of amides is 1. The number of nitrogens with zero attached hydrogens (tertiary/aromatic N) is 3. The maximum atomic E-state index is 12.9. The van der Waals surface area contributed by atoms with Gasteiger partial charge in [0.15, 0.2) is 0 Å². The van der Waals surface area contributed by atoms with Gasteiger partial charge in [-0.15, -0.1) is 13.2 Å². The van der Waals surface area contributed by atoms with E-state index in [1.165, 1.54) is 11.0 Å². The molecule has 156 valence electrons. The van der Waals surface area contributed by atoms with Crippen LogP contribution in [0.1, 0.15) is 11.1 Å². The number of hydrogen-bond donors (Lipinski definition) is 1. The first-order valence-electron chi connectivity index (χ1n) is 9.18. The number of carbonyl (C=O) groups is 1. The third-order valence-electron chi connectivity index (χ3n) is 4.90. The Morgan fingerprint density at radius 2 is 1.68 bits per heavy atom. The number of hydrogen-bond acceptors (Lipinski definition) is 5. The van der Waals surface area contributed by atoms with Crippen LogP contribution in [0.15, 0.2) is 18.2 Å². The van der Waals surface area contributed by atoms with Gasteiger partial charge in [0.1, 0.15) is 5.75 Å². The molecule has 0 spiro atoms. The normalized spacial score (nSPS) is 19.6. The molecule has 0 unspecified atom stereocenters. The molecule has 2 heterocycles. The minimum absolute atomic E-state index is 0.195. The SMILES string of the molecule is O=C(O)N1CCN(Cc2ccc(CN3CCOCC3)cc2OC(F)(F)F)CC1. The van der Waals surface area contributed by atoms with Crippen molar-refractivity contribution in [3.63, 3.8) is 0 Å². The van der Waals surface area contributed by atoms with Crippen LogP contribution in [0, 0.1) is 0 Å². The zero-order chi connectivity index (χ0) is 20.1. The molecular weight excluding hydrogens is 379 g/mol. The Bertz CT molecular complexity index is 673. The summed E-state index contributed by atoms with van der Waals surface area (Å²) in [5.74, 6) is -0.195. The number of alkyl halides is 3. The van der Waals surface area contributed by atoms with Gasteiger partial charge in [-0.1, -0.05) is 12.1 Å². The van der Waals surface area contributed by atoms with Crippen LogP contribution in [0.2, 0.25) is 0 Å². The number of benzene rings is 1. The number of ether oxygens (including phenoxy) is 2. The molecule has 10 heteroatoms. The molecule has 2 saturated heterocycles. The van der Waals surface area contributed by atoms with Crippen LogP contribution in [0.4, 0.5) is 18.0 Å². The maximum Gasteiger partial charge on any atom is 0.573 e. The highest BCUT2D eigenvalue weighted by atomic mass is 19.4. The van der Waals surface area contributed by atoms with Gasteiger partial charge in [0.05, 0.1) is 13.2 Å². The Morgan fingerprint density at radius 1 is 1.04 bits per heavy atom.